The molecule has 1 aliphatic carbocycles. The van der Waals surface area contributed by atoms with Crippen molar-refractivity contribution in [3.8, 4) is 5.75 Å². The molecule has 0 heterocycles. The highest BCUT2D eigenvalue weighted by Gasteiger charge is 2.44. The molecular weight excluding hydrogens is 417 g/mol. The Hall–Kier alpha value is -3.19. The maximum atomic E-state index is 13.3. The van der Waals surface area contributed by atoms with Gasteiger partial charge < -0.3 is 10.4 Å². The van der Waals surface area contributed by atoms with Gasteiger partial charge in [0, 0.05) is 12.5 Å². The summed E-state index contributed by atoms with van der Waals surface area (Å²) < 4.78 is 39.8. The zero-order chi connectivity index (χ0) is 22.0. The lowest BCUT2D eigenvalue weighted by Crippen LogP contribution is -2.33. The van der Waals surface area contributed by atoms with E-state index >= 15 is 0 Å². The molecule has 1 saturated carbocycles. The Morgan fingerprint density at radius 3 is 2.29 bits per heavy atom. The Bertz CT molecular complexity index is 1160. The minimum absolute atomic E-state index is 0.00499. The minimum Gasteiger partial charge on any atom is -0.508 e. The molecule has 0 saturated heterocycles. The van der Waals surface area contributed by atoms with Gasteiger partial charge in [-0.3, -0.25) is 4.79 Å². The van der Waals surface area contributed by atoms with Crippen LogP contribution >= 0.6 is 0 Å². The number of nitrogens with one attached hydrogen (secondary N) is 1. The molecule has 4 rings (SSSR count). The first-order valence-corrected chi connectivity index (χ1v) is 11.5. The fourth-order valence-electron chi connectivity index (χ4n) is 3.76. The highest BCUT2D eigenvalue weighted by Crippen LogP contribution is 2.47. The van der Waals surface area contributed by atoms with Gasteiger partial charge in [0.05, 0.1) is 4.90 Å². The molecule has 7 heteroatoms. The molecule has 1 aliphatic rings. The lowest BCUT2D eigenvalue weighted by Gasteiger charge is -2.19. The molecule has 1 amide bonds. The molecule has 3 aromatic carbocycles. The fraction of sp³-hybridized carbons (Fsp3) is 0.208. The molecule has 3 aromatic rings. The Labute approximate surface area is 180 Å². The largest absolute Gasteiger partial charge is 0.508 e. The third-order valence-electron chi connectivity index (χ3n) is 5.60. The summed E-state index contributed by atoms with van der Waals surface area (Å²) in [5.41, 5.74) is 1.52. The first kappa shape index (κ1) is 21.1. The third kappa shape index (κ3) is 4.61. The van der Waals surface area contributed by atoms with Crippen LogP contribution in [0.15, 0.2) is 83.8 Å². The van der Waals surface area contributed by atoms with Crippen molar-refractivity contribution >= 4 is 15.7 Å². The molecule has 0 aromatic heterocycles. The third-order valence-corrected chi connectivity index (χ3v) is 7.72. The number of sulfone groups is 1. The van der Waals surface area contributed by atoms with Crippen LogP contribution in [0.4, 0.5) is 4.39 Å². The second-order valence-corrected chi connectivity index (χ2v) is 9.81. The highest BCUT2D eigenvalue weighted by molar-refractivity contribution is 7.91. The summed E-state index contributed by atoms with van der Waals surface area (Å²) >= 11 is 0. The van der Waals surface area contributed by atoms with E-state index in [0.717, 1.165) is 17.7 Å². The number of rotatable bonds is 7. The molecule has 160 valence electrons. The van der Waals surface area contributed by atoms with Crippen molar-refractivity contribution in [3.63, 3.8) is 0 Å². The van der Waals surface area contributed by atoms with Crippen LogP contribution in [0.2, 0.25) is 0 Å². The maximum Gasteiger partial charge on any atom is 0.223 e. The van der Waals surface area contributed by atoms with Gasteiger partial charge in [0.15, 0.2) is 9.84 Å². The summed E-state index contributed by atoms with van der Waals surface area (Å²) in [7, 11) is -3.85. The number of carbonyl (C=O) groups excluding carboxylic acids is 1. The van der Waals surface area contributed by atoms with Crippen LogP contribution in [-0.4, -0.2) is 26.0 Å². The number of phenolic OH excluding ortho intramolecular Hbond substituents is 1. The SMILES string of the molecule is O=C(NCC(c1ccccc1)S(=O)(=O)c1ccc(F)cc1)C1CC1c1ccc(O)cc1. The average molecular weight is 440 g/mol. The number of phenols is 1. The minimum atomic E-state index is -3.85. The smallest absolute Gasteiger partial charge is 0.223 e. The van der Waals surface area contributed by atoms with E-state index in [9.17, 15) is 22.7 Å². The zero-order valence-electron chi connectivity index (χ0n) is 16.6. The number of benzene rings is 3. The second-order valence-electron chi connectivity index (χ2n) is 7.68. The van der Waals surface area contributed by atoms with Gasteiger partial charge in [-0.05, 0) is 59.9 Å². The normalized spacial score (nSPS) is 18.9. The Morgan fingerprint density at radius 2 is 1.65 bits per heavy atom. The Balaban J connectivity index is 1.50. The summed E-state index contributed by atoms with van der Waals surface area (Å²) in [5.74, 6) is -0.716. The van der Waals surface area contributed by atoms with E-state index in [-0.39, 0.29) is 34.9 Å². The van der Waals surface area contributed by atoms with E-state index in [2.05, 4.69) is 5.32 Å². The van der Waals surface area contributed by atoms with Gasteiger partial charge in [0.25, 0.3) is 0 Å². The molecule has 2 N–H and O–H groups in total. The van der Waals surface area contributed by atoms with Crippen molar-refractivity contribution in [1.29, 1.82) is 0 Å². The summed E-state index contributed by atoms with van der Waals surface area (Å²) in [6, 6.07) is 20.1. The lowest BCUT2D eigenvalue weighted by atomic mass is 10.1. The van der Waals surface area contributed by atoms with Crippen molar-refractivity contribution < 1.29 is 22.7 Å². The summed E-state index contributed by atoms with van der Waals surface area (Å²) in [6.45, 7) is -0.0820. The van der Waals surface area contributed by atoms with Crippen molar-refractivity contribution in [2.75, 3.05) is 6.54 Å². The highest BCUT2D eigenvalue weighted by atomic mass is 32.2. The van der Waals surface area contributed by atoms with Crippen LogP contribution in [0.25, 0.3) is 0 Å². The molecule has 0 bridgehead atoms. The Morgan fingerprint density at radius 1 is 1.00 bits per heavy atom. The Kier molecular flexibility index (Phi) is 5.78. The lowest BCUT2D eigenvalue weighted by molar-refractivity contribution is -0.122. The molecule has 0 spiro atoms. The molecule has 0 aliphatic heterocycles. The topological polar surface area (TPSA) is 83.5 Å². The molecule has 1 fully saturated rings. The molecule has 0 radical (unpaired) electrons. The number of halogens is 1. The predicted octanol–water partition coefficient (Wildman–Crippen LogP) is 3.97. The average Bonchev–Trinajstić information content (AvgIpc) is 3.56. The van der Waals surface area contributed by atoms with E-state index in [0.29, 0.717) is 12.0 Å². The number of hydrogen-bond donors (Lipinski definition) is 2. The molecule has 31 heavy (non-hydrogen) atoms. The standard InChI is InChI=1S/C24H22FNO4S/c25-18-8-12-20(13-9-18)31(29,30)23(17-4-2-1-3-5-17)15-26-24(28)22-14-21(22)16-6-10-19(27)11-7-16/h1-13,21-23,27H,14-15H2,(H,26,28). The summed E-state index contributed by atoms with van der Waals surface area (Å²) in [6.07, 6.45) is 0.678. The number of carbonyl (C=O) groups is 1. The van der Waals surface area contributed by atoms with Gasteiger partial charge >= 0.3 is 0 Å². The van der Waals surface area contributed by atoms with Gasteiger partial charge in [-0.25, -0.2) is 12.8 Å². The van der Waals surface area contributed by atoms with Crippen LogP contribution in [0, 0.1) is 11.7 Å². The maximum absolute atomic E-state index is 13.3. The van der Waals surface area contributed by atoms with Crippen LogP contribution in [0.3, 0.4) is 0 Å². The van der Waals surface area contributed by atoms with Crippen LogP contribution < -0.4 is 5.32 Å². The monoisotopic (exact) mass is 439 g/mol. The van der Waals surface area contributed by atoms with Gasteiger partial charge in [-0.2, -0.15) is 0 Å². The van der Waals surface area contributed by atoms with E-state index in [4.69, 9.17) is 0 Å². The molecule has 3 unspecified atom stereocenters. The van der Waals surface area contributed by atoms with Crippen LogP contribution in [-0.2, 0) is 14.6 Å². The van der Waals surface area contributed by atoms with Gasteiger partial charge in [0.1, 0.15) is 16.8 Å². The van der Waals surface area contributed by atoms with Crippen molar-refractivity contribution in [2.24, 2.45) is 5.92 Å². The van der Waals surface area contributed by atoms with Crippen molar-refractivity contribution in [3.05, 3.63) is 95.8 Å². The second kappa shape index (κ2) is 8.51. The van der Waals surface area contributed by atoms with Crippen LogP contribution in [0.1, 0.15) is 28.7 Å². The van der Waals surface area contributed by atoms with Gasteiger partial charge in [-0.15, -0.1) is 0 Å². The van der Waals surface area contributed by atoms with E-state index in [1.807, 2.05) is 0 Å². The van der Waals surface area contributed by atoms with E-state index in [1.54, 1.807) is 54.6 Å². The predicted molar refractivity (Wildman–Crippen MR) is 115 cm³/mol. The molecule has 5 nitrogen and oxygen atoms in total. The van der Waals surface area contributed by atoms with Gasteiger partial charge in [0.2, 0.25) is 5.91 Å². The molecule has 3 atom stereocenters. The summed E-state index contributed by atoms with van der Waals surface area (Å²) in [4.78, 5) is 12.7. The quantitative estimate of drug-likeness (QED) is 0.546. The number of amides is 1. The number of aromatic hydroxyl groups is 1. The fourth-order valence-corrected chi connectivity index (χ4v) is 5.42. The van der Waals surface area contributed by atoms with Crippen molar-refractivity contribution in [1.82, 2.24) is 5.32 Å². The van der Waals surface area contributed by atoms with Gasteiger partial charge in [-0.1, -0.05) is 42.5 Å². The summed E-state index contributed by atoms with van der Waals surface area (Å²) in [5, 5.41) is 11.2. The van der Waals surface area contributed by atoms with E-state index in [1.165, 1.54) is 12.1 Å². The zero-order valence-corrected chi connectivity index (χ0v) is 17.4. The van der Waals surface area contributed by atoms with E-state index < -0.39 is 20.9 Å². The number of hydrogen-bond acceptors (Lipinski definition) is 4. The molecular formula is C24H22FNO4S. The van der Waals surface area contributed by atoms with Crippen molar-refractivity contribution in [2.45, 2.75) is 22.5 Å². The first-order valence-electron chi connectivity index (χ1n) is 9.97. The van der Waals surface area contributed by atoms with Crippen LogP contribution in [0.5, 0.6) is 5.75 Å². The first-order chi connectivity index (χ1) is 14.9.